The van der Waals surface area contributed by atoms with Crippen molar-refractivity contribution in [2.45, 2.75) is 6.54 Å². The van der Waals surface area contributed by atoms with Crippen LogP contribution in [-0.4, -0.2) is 13.7 Å². The average molecular weight is 299 g/mol. The van der Waals surface area contributed by atoms with Crippen molar-refractivity contribution >= 4 is 46.9 Å². The summed E-state index contributed by atoms with van der Waals surface area (Å²) >= 11 is 0. The number of fused-ring (bicyclic) bond motifs is 3. The van der Waals surface area contributed by atoms with Crippen LogP contribution in [0.3, 0.4) is 0 Å². The Labute approximate surface area is 129 Å². The standard InChI is InChI=1S/C19H13NOSi/c21-15-6-5-12-9-14-10-13-3-1-7-20-8-2-4-16(18(13)20)19(14)22-17(12)11-15/h1-7,9-11,22H,8H2. The highest BCUT2D eigenvalue weighted by molar-refractivity contribution is 6.61. The molecule has 0 amide bonds. The van der Waals surface area contributed by atoms with Gasteiger partial charge in [0.2, 0.25) is 0 Å². The molecule has 0 N–H and O–H groups in total. The molecule has 0 unspecified atom stereocenters. The molecule has 2 nitrogen and oxygen atoms in total. The quantitative estimate of drug-likeness (QED) is 0.360. The van der Waals surface area contributed by atoms with E-state index in [0.717, 1.165) is 6.54 Å². The lowest BCUT2D eigenvalue weighted by molar-refractivity contribution is 0.848. The molecule has 3 heteroatoms. The lowest BCUT2D eigenvalue weighted by Crippen LogP contribution is -2.04. The van der Waals surface area contributed by atoms with Crippen LogP contribution in [0.2, 0.25) is 0 Å². The van der Waals surface area contributed by atoms with E-state index in [1.807, 2.05) is 12.1 Å². The van der Waals surface area contributed by atoms with E-state index >= 15 is 0 Å². The van der Waals surface area contributed by atoms with Gasteiger partial charge in [-0.3, -0.25) is 4.79 Å². The first-order chi connectivity index (χ1) is 10.8. The number of pyridine rings is 1. The third kappa shape index (κ3) is 1.60. The Morgan fingerprint density at radius 1 is 1.00 bits per heavy atom. The molecule has 104 valence electrons. The molecule has 0 spiro atoms. The number of hydrogen-bond acceptors (Lipinski definition) is 1. The maximum atomic E-state index is 11.7. The SMILES string of the molecule is O=c1ccc2cc3cc4cccn5c4c(c3[siH]c2c1)C=CC5. The maximum absolute atomic E-state index is 11.7. The highest BCUT2D eigenvalue weighted by Crippen LogP contribution is 2.31. The lowest BCUT2D eigenvalue weighted by atomic mass is 10.0. The molecule has 3 heterocycles. The van der Waals surface area contributed by atoms with Crippen molar-refractivity contribution in [1.82, 2.24) is 4.57 Å². The van der Waals surface area contributed by atoms with Gasteiger partial charge in [0.15, 0.2) is 5.43 Å². The molecule has 2 aromatic carbocycles. The molecule has 0 saturated heterocycles. The van der Waals surface area contributed by atoms with Crippen LogP contribution in [0, 0.1) is 0 Å². The van der Waals surface area contributed by atoms with Gasteiger partial charge in [-0.2, -0.15) is 0 Å². The molecule has 0 radical (unpaired) electrons. The minimum Gasteiger partial charge on any atom is -0.343 e. The molecule has 2 aromatic heterocycles. The number of aromatic nitrogens is 1. The van der Waals surface area contributed by atoms with Gasteiger partial charge in [0, 0.05) is 27.4 Å². The van der Waals surface area contributed by atoms with E-state index < -0.39 is 0 Å². The zero-order valence-electron chi connectivity index (χ0n) is 11.9. The number of rotatable bonds is 0. The largest absolute Gasteiger partial charge is 0.343 e. The summed E-state index contributed by atoms with van der Waals surface area (Å²) in [5.41, 5.74) is 2.78. The molecule has 0 fully saturated rings. The monoisotopic (exact) mass is 299 g/mol. The fraction of sp³-hybridized carbons (Fsp3) is 0.0526. The molecule has 1 aliphatic rings. The molecule has 0 aliphatic carbocycles. The van der Waals surface area contributed by atoms with Gasteiger partial charge in [0.25, 0.3) is 0 Å². The van der Waals surface area contributed by atoms with Crippen molar-refractivity contribution in [3.05, 3.63) is 70.5 Å². The Morgan fingerprint density at radius 3 is 2.86 bits per heavy atom. The highest BCUT2D eigenvalue weighted by Gasteiger charge is 2.11. The van der Waals surface area contributed by atoms with Gasteiger partial charge in [-0.1, -0.05) is 24.3 Å². The molecule has 4 aromatic rings. The molecule has 0 saturated carbocycles. The van der Waals surface area contributed by atoms with Gasteiger partial charge in [0.1, 0.15) is 0 Å². The molecular formula is C19H13NOSi. The van der Waals surface area contributed by atoms with E-state index in [0.29, 0.717) is 0 Å². The van der Waals surface area contributed by atoms with Crippen molar-refractivity contribution in [2.75, 3.05) is 0 Å². The molecule has 0 bridgehead atoms. The van der Waals surface area contributed by atoms with Crippen LogP contribution in [0.15, 0.2) is 59.5 Å². The zero-order valence-corrected chi connectivity index (χ0v) is 13.1. The van der Waals surface area contributed by atoms with Gasteiger partial charge < -0.3 is 4.57 Å². The maximum Gasteiger partial charge on any atom is 0.178 e. The van der Waals surface area contributed by atoms with E-state index in [9.17, 15) is 4.79 Å². The lowest BCUT2D eigenvalue weighted by Gasteiger charge is -2.18. The first-order valence-corrected chi connectivity index (χ1v) is 8.61. The van der Waals surface area contributed by atoms with Crippen LogP contribution >= 0.6 is 0 Å². The van der Waals surface area contributed by atoms with Crippen molar-refractivity contribution in [3.8, 4) is 0 Å². The molecule has 5 rings (SSSR count). The summed E-state index contributed by atoms with van der Waals surface area (Å²) in [6.45, 7) is 0.934. The Hall–Kier alpha value is -2.52. The van der Waals surface area contributed by atoms with Crippen molar-refractivity contribution in [2.24, 2.45) is 0 Å². The Kier molecular flexibility index (Phi) is 2.33. The molecule has 1 aliphatic heterocycles. The summed E-state index contributed by atoms with van der Waals surface area (Å²) in [6.07, 6.45) is 6.63. The summed E-state index contributed by atoms with van der Waals surface area (Å²) in [7, 11) is -0.0393. The van der Waals surface area contributed by atoms with Crippen molar-refractivity contribution in [3.63, 3.8) is 0 Å². The number of benzene rings is 2. The fourth-order valence-electron chi connectivity index (χ4n) is 3.54. The predicted octanol–water partition coefficient (Wildman–Crippen LogP) is 3.41. The third-order valence-electron chi connectivity index (χ3n) is 4.53. The fourth-order valence-corrected chi connectivity index (χ4v) is 5.17. The Bertz CT molecular complexity index is 1170. The van der Waals surface area contributed by atoms with Gasteiger partial charge in [-0.15, -0.1) is 0 Å². The average Bonchev–Trinajstić information content (AvgIpc) is 2.54. The first kappa shape index (κ1) is 12.1. The summed E-state index contributed by atoms with van der Waals surface area (Å²) in [5.74, 6) is 0. The first-order valence-electron chi connectivity index (χ1n) is 7.46. The second-order valence-electron chi connectivity index (χ2n) is 5.87. The van der Waals surface area contributed by atoms with Crippen molar-refractivity contribution in [1.29, 1.82) is 0 Å². The highest BCUT2D eigenvalue weighted by atomic mass is 28.2. The predicted molar refractivity (Wildman–Crippen MR) is 95.0 cm³/mol. The second-order valence-corrected chi connectivity index (χ2v) is 7.36. The number of hydrogen-bond donors (Lipinski definition) is 0. The van der Waals surface area contributed by atoms with Crippen molar-refractivity contribution < 1.29 is 0 Å². The summed E-state index contributed by atoms with van der Waals surface area (Å²) in [5, 5.41) is 3.81. The topological polar surface area (TPSA) is 22.0 Å². The zero-order chi connectivity index (χ0) is 14.7. The number of nitrogens with zero attached hydrogens (tertiary/aromatic N) is 1. The summed E-state index contributed by atoms with van der Waals surface area (Å²) in [4.78, 5) is 14.3. The molecular weight excluding hydrogens is 286 g/mol. The van der Waals surface area contributed by atoms with Gasteiger partial charge in [0.05, 0.1) is 5.52 Å². The third-order valence-corrected chi connectivity index (χ3v) is 6.27. The normalized spacial score (nSPS) is 13.3. The smallest absolute Gasteiger partial charge is 0.178 e. The van der Waals surface area contributed by atoms with Gasteiger partial charge in [-0.05, 0) is 56.5 Å². The van der Waals surface area contributed by atoms with Crippen LogP contribution in [0.5, 0.6) is 0 Å². The summed E-state index contributed by atoms with van der Waals surface area (Å²) < 4.78 is 2.31. The Balaban J connectivity index is 2.05. The molecule has 22 heavy (non-hydrogen) atoms. The van der Waals surface area contributed by atoms with Crippen LogP contribution in [-0.2, 0) is 6.54 Å². The van der Waals surface area contributed by atoms with E-state index in [4.69, 9.17) is 0 Å². The second kappa shape index (κ2) is 4.24. The van der Waals surface area contributed by atoms with E-state index in [-0.39, 0.29) is 14.5 Å². The van der Waals surface area contributed by atoms with Crippen LogP contribution in [0.1, 0.15) is 5.56 Å². The van der Waals surface area contributed by atoms with Gasteiger partial charge >= 0.3 is 0 Å². The summed E-state index contributed by atoms with van der Waals surface area (Å²) in [6, 6.07) is 14.3. The van der Waals surface area contributed by atoms with Crippen LogP contribution in [0.25, 0.3) is 37.7 Å². The van der Waals surface area contributed by atoms with Crippen LogP contribution < -0.4 is 5.43 Å². The van der Waals surface area contributed by atoms with E-state index in [1.165, 1.54) is 37.2 Å². The Morgan fingerprint density at radius 2 is 1.91 bits per heavy atom. The minimum atomic E-state index is -0.0393. The number of allylic oxidation sites excluding steroid dienone is 1. The van der Waals surface area contributed by atoms with E-state index in [1.54, 1.807) is 6.07 Å². The van der Waals surface area contributed by atoms with E-state index in [2.05, 4.69) is 47.2 Å². The van der Waals surface area contributed by atoms with Crippen LogP contribution in [0.4, 0.5) is 0 Å². The minimum absolute atomic E-state index is 0.0393. The molecule has 0 atom stereocenters. The van der Waals surface area contributed by atoms with Gasteiger partial charge in [-0.25, -0.2) is 0 Å².